The van der Waals surface area contributed by atoms with E-state index in [9.17, 15) is 19.8 Å². The van der Waals surface area contributed by atoms with E-state index in [0.29, 0.717) is 0 Å². The minimum Gasteiger partial charge on any atom is -0.477 e. The topological polar surface area (TPSA) is 136 Å². The average molecular weight is 282 g/mol. The van der Waals surface area contributed by atoms with Gasteiger partial charge >= 0.3 is 5.97 Å². The van der Waals surface area contributed by atoms with E-state index in [1.54, 1.807) is 0 Å². The van der Waals surface area contributed by atoms with Crippen molar-refractivity contribution in [1.29, 1.82) is 0 Å². The molecule has 0 spiro atoms. The van der Waals surface area contributed by atoms with Gasteiger partial charge in [0, 0.05) is 12.0 Å². The summed E-state index contributed by atoms with van der Waals surface area (Å²) in [7, 11) is 1.29. The number of aliphatic carboxylic acids is 1. The quantitative estimate of drug-likeness (QED) is 0.321. The molecule has 0 aromatic carbocycles. The summed E-state index contributed by atoms with van der Waals surface area (Å²) in [6, 6.07) is -0.421. The number of fused-ring (bicyclic) bond motifs is 1. The third kappa shape index (κ3) is 1.92. The molecule has 2 heterocycles. The Balaban J connectivity index is 2.39. The number of carbonyl (C=O) groups excluding carboxylic acids is 1. The van der Waals surface area contributed by atoms with Crippen LogP contribution in [0.5, 0.6) is 0 Å². The third-order valence-electron chi connectivity index (χ3n) is 3.64. The second kappa shape index (κ2) is 5.12. The van der Waals surface area contributed by atoms with Crippen LogP contribution in [0, 0.1) is 5.92 Å². The van der Waals surface area contributed by atoms with Crippen LogP contribution in [0.3, 0.4) is 0 Å². The maximum atomic E-state index is 11.9. The molecule has 0 saturated carbocycles. The van der Waals surface area contributed by atoms with Gasteiger partial charge in [-0.05, 0) is 24.4 Å². The first kappa shape index (κ1) is 14.3. The van der Waals surface area contributed by atoms with Crippen LogP contribution in [0.4, 0.5) is 0 Å². The zero-order chi connectivity index (χ0) is 15.0. The highest BCUT2D eigenvalue weighted by Crippen LogP contribution is 2.45. The van der Waals surface area contributed by atoms with Gasteiger partial charge in [-0.2, -0.15) is 0 Å². The molecule has 4 atom stereocenters. The van der Waals surface area contributed by atoms with E-state index in [1.807, 2.05) is 0 Å². The number of hydrogen-bond donors (Lipinski definition) is 2. The lowest BCUT2D eigenvalue weighted by Gasteiger charge is -2.44. The minimum absolute atomic E-state index is 0.209. The van der Waals surface area contributed by atoms with Gasteiger partial charge in [0.15, 0.2) is 6.23 Å². The predicted molar refractivity (Wildman–Crippen MR) is 65.0 cm³/mol. The first-order valence-corrected chi connectivity index (χ1v) is 5.98. The van der Waals surface area contributed by atoms with Gasteiger partial charge in [0.1, 0.15) is 5.70 Å². The van der Waals surface area contributed by atoms with Crippen LogP contribution in [-0.2, 0) is 14.3 Å². The summed E-state index contributed by atoms with van der Waals surface area (Å²) in [5, 5.41) is 22.2. The molecule has 0 aromatic heterocycles. The Kier molecular flexibility index (Phi) is 3.67. The molecule has 4 unspecified atom stereocenters. The zero-order valence-corrected chi connectivity index (χ0v) is 10.9. The fraction of sp³-hybridized carbons (Fsp3) is 0.636. The van der Waals surface area contributed by atoms with Crippen LogP contribution in [0.15, 0.2) is 16.4 Å². The number of hydrogen-bond acceptors (Lipinski definition) is 5. The van der Waals surface area contributed by atoms with Crippen LogP contribution < -0.4 is 0 Å². The Morgan fingerprint density at radius 3 is 2.75 bits per heavy atom. The first-order valence-electron chi connectivity index (χ1n) is 5.98. The standard InChI is InChI=1S/C11H14N4O5/c1-4(16)7-6-3-5(9(20-2)13-14-12)8(11(18)19)15(6)10(7)17/h4,6-7,9,16H,3H2,1-2H3,(H,18,19). The SMILES string of the molecule is COC(N=[N+]=[N-])C1=C(C(=O)O)N2C(=O)C(C(C)O)C2C1. The van der Waals surface area contributed by atoms with Crippen LogP contribution in [0.25, 0.3) is 10.4 Å². The Morgan fingerprint density at radius 2 is 2.30 bits per heavy atom. The molecule has 108 valence electrons. The molecular weight excluding hydrogens is 268 g/mol. The van der Waals surface area contributed by atoms with E-state index in [0.717, 1.165) is 4.90 Å². The molecule has 2 aliphatic rings. The molecule has 2 N–H and O–H groups in total. The number of carbonyl (C=O) groups is 2. The van der Waals surface area contributed by atoms with Crippen molar-refractivity contribution < 1.29 is 24.5 Å². The molecule has 1 fully saturated rings. The van der Waals surface area contributed by atoms with Gasteiger partial charge in [0.25, 0.3) is 0 Å². The van der Waals surface area contributed by atoms with Crippen molar-refractivity contribution in [1.82, 2.24) is 4.90 Å². The van der Waals surface area contributed by atoms with Gasteiger partial charge in [-0.25, -0.2) is 4.79 Å². The van der Waals surface area contributed by atoms with Gasteiger partial charge in [-0.15, -0.1) is 0 Å². The summed E-state index contributed by atoms with van der Waals surface area (Å²) >= 11 is 0. The molecular formula is C11H14N4O5. The molecule has 1 amide bonds. The second-order valence-electron chi connectivity index (χ2n) is 4.72. The van der Waals surface area contributed by atoms with Gasteiger partial charge in [0.2, 0.25) is 5.91 Å². The van der Waals surface area contributed by atoms with Crippen LogP contribution in [0.1, 0.15) is 13.3 Å². The molecule has 0 radical (unpaired) electrons. The van der Waals surface area contributed by atoms with Crippen molar-refractivity contribution in [3.63, 3.8) is 0 Å². The number of carboxylic acids is 1. The van der Waals surface area contributed by atoms with E-state index < -0.39 is 36.2 Å². The number of carboxylic acid groups (broad SMARTS) is 1. The molecule has 0 aliphatic carbocycles. The predicted octanol–water partition coefficient (Wildman–Crippen LogP) is 0.219. The minimum atomic E-state index is -1.28. The fourth-order valence-corrected chi connectivity index (χ4v) is 2.83. The molecule has 0 aromatic rings. The van der Waals surface area contributed by atoms with Gasteiger partial charge in [0.05, 0.1) is 18.1 Å². The first-order chi connectivity index (χ1) is 9.43. The number of aliphatic hydroxyl groups excluding tert-OH is 1. The molecule has 1 saturated heterocycles. The molecule has 9 heteroatoms. The number of nitrogens with zero attached hydrogens (tertiary/aromatic N) is 4. The summed E-state index contributed by atoms with van der Waals surface area (Å²) in [5.41, 5.74) is 8.52. The van der Waals surface area contributed by atoms with E-state index in [2.05, 4.69) is 10.0 Å². The Morgan fingerprint density at radius 1 is 1.65 bits per heavy atom. The number of methoxy groups -OCH3 is 1. The highest BCUT2D eigenvalue weighted by molar-refractivity contribution is 5.99. The summed E-state index contributed by atoms with van der Waals surface area (Å²) in [4.78, 5) is 27.0. The lowest BCUT2D eigenvalue weighted by Crippen LogP contribution is -2.61. The van der Waals surface area contributed by atoms with E-state index in [-0.39, 0.29) is 17.7 Å². The summed E-state index contributed by atoms with van der Waals surface area (Å²) in [5.74, 6) is -2.35. The molecule has 20 heavy (non-hydrogen) atoms. The van der Waals surface area contributed by atoms with Crippen LogP contribution in [0.2, 0.25) is 0 Å². The van der Waals surface area contributed by atoms with E-state index in [4.69, 9.17) is 10.3 Å². The van der Waals surface area contributed by atoms with Gasteiger partial charge in [-0.3, -0.25) is 4.79 Å². The van der Waals surface area contributed by atoms with Crippen LogP contribution >= 0.6 is 0 Å². The van der Waals surface area contributed by atoms with Crippen molar-refractivity contribution in [2.75, 3.05) is 7.11 Å². The summed E-state index contributed by atoms with van der Waals surface area (Å²) in [6.07, 6.45) is -1.72. The largest absolute Gasteiger partial charge is 0.477 e. The summed E-state index contributed by atoms with van der Waals surface area (Å²) in [6.45, 7) is 1.49. The monoisotopic (exact) mass is 282 g/mol. The maximum Gasteiger partial charge on any atom is 0.352 e. The Labute approximate surface area is 114 Å². The third-order valence-corrected chi connectivity index (χ3v) is 3.64. The number of ether oxygens (including phenoxy) is 1. The Bertz CT molecular complexity index is 537. The lowest BCUT2D eigenvalue weighted by molar-refractivity contribution is -0.161. The van der Waals surface area contributed by atoms with Crippen molar-refractivity contribution >= 4 is 11.9 Å². The molecule has 0 bridgehead atoms. The maximum absolute atomic E-state index is 11.9. The highest BCUT2D eigenvalue weighted by Gasteiger charge is 2.57. The molecule has 9 nitrogen and oxygen atoms in total. The van der Waals surface area contributed by atoms with E-state index >= 15 is 0 Å². The number of azide groups is 1. The smallest absolute Gasteiger partial charge is 0.352 e. The normalized spacial score (nSPS) is 27.6. The number of rotatable bonds is 5. The molecule has 2 aliphatic heterocycles. The zero-order valence-electron chi connectivity index (χ0n) is 10.9. The van der Waals surface area contributed by atoms with Crippen molar-refractivity contribution in [3.8, 4) is 0 Å². The highest BCUT2D eigenvalue weighted by atomic mass is 16.5. The lowest BCUT2D eigenvalue weighted by atomic mass is 9.83. The Hall–Kier alpha value is -2.09. The average Bonchev–Trinajstić information content (AvgIpc) is 2.70. The van der Waals surface area contributed by atoms with Crippen molar-refractivity contribution in [2.24, 2.45) is 11.0 Å². The number of β-lactam (4-membered cyclic amide) rings is 1. The van der Waals surface area contributed by atoms with Gasteiger partial charge in [-0.1, -0.05) is 5.11 Å². The van der Waals surface area contributed by atoms with Crippen molar-refractivity contribution in [2.45, 2.75) is 31.7 Å². The van der Waals surface area contributed by atoms with Crippen molar-refractivity contribution in [3.05, 3.63) is 21.7 Å². The molecule has 2 rings (SSSR count). The number of amides is 1. The van der Waals surface area contributed by atoms with E-state index in [1.165, 1.54) is 14.0 Å². The fourth-order valence-electron chi connectivity index (χ4n) is 2.83. The van der Waals surface area contributed by atoms with Gasteiger partial charge < -0.3 is 19.8 Å². The number of aliphatic hydroxyl groups is 1. The van der Waals surface area contributed by atoms with Crippen LogP contribution in [-0.4, -0.2) is 52.5 Å². The summed E-state index contributed by atoms with van der Waals surface area (Å²) < 4.78 is 4.97. The second-order valence-corrected chi connectivity index (χ2v) is 4.72.